The van der Waals surface area contributed by atoms with Crippen molar-refractivity contribution in [3.8, 4) is 0 Å². The molecule has 0 aliphatic carbocycles. The van der Waals surface area contributed by atoms with E-state index in [9.17, 15) is 0 Å². The lowest BCUT2D eigenvalue weighted by atomic mass is 10.1. The molecule has 1 heterocycles. The number of nitrogens with two attached hydrogens (primary N) is 1. The first kappa shape index (κ1) is 14.8. The Morgan fingerprint density at radius 3 is 2.85 bits per heavy atom. The van der Waals surface area contributed by atoms with Gasteiger partial charge in [0.25, 0.3) is 0 Å². The summed E-state index contributed by atoms with van der Waals surface area (Å²) in [4.78, 5) is 2.38. The molecule has 6 heteroatoms. The summed E-state index contributed by atoms with van der Waals surface area (Å²) < 4.78 is 5.32. The molecule has 6 nitrogen and oxygen atoms in total. The summed E-state index contributed by atoms with van der Waals surface area (Å²) in [6.45, 7) is 6.28. The number of hydrogen-bond acceptors (Lipinski definition) is 5. The highest BCUT2D eigenvalue weighted by Crippen LogP contribution is 2.08. The van der Waals surface area contributed by atoms with Crippen molar-refractivity contribution in [3.63, 3.8) is 0 Å². The first-order valence-electron chi connectivity index (χ1n) is 6.88. The molecule has 110 valence electrons. The molecule has 20 heavy (non-hydrogen) atoms. The third kappa shape index (κ3) is 4.19. The lowest BCUT2D eigenvalue weighted by molar-refractivity contribution is 0.0384. The lowest BCUT2D eigenvalue weighted by Gasteiger charge is -2.26. The van der Waals surface area contributed by atoms with E-state index in [4.69, 9.17) is 15.7 Å². The fraction of sp³-hybridized carbons (Fsp3) is 0.500. The first-order chi connectivity index (χ1) is 9.81. The van der Waals surface area contributed by atoms with Gasteiger partial charge in [-0.1, -0.05) is 29.4 Å². The van der Waals surface area contributed by atoms with Crippen molar-refractivity contribution in [2.24, 2.45) is 10.9 Å². The highest BCUT2D eigenvalue weighted by Gasteiger charge is 2.09. The van der Waals surface area contributed by atoms with Crippen LogP contribution < -0.4 is 11.1 Å². The average Bonchev–Trinajstić information content (AvgIpc) is 2.52. The van der Waals surface area contributed by atoms with E-state index in [1.54, 1.807) is 0 Å². The number of nitrogens with zero attached hydrogens (tertiary/aromatic N) is 2. The van der Waals surface area contributed by atoms with Crippen molar-refractivity contribution in [2.45, 2.75) is 6.54 Å². The Balaban J connectivity index is 1.79. The van der Waals surface area contributed by atoms with Crippen LogP contribution in [0.25, 0.3) is 0 Å². The van der Waals surface area contributed by atoms with Gasteiger partial charge >= 0.3 is 0 Å². The van der Waals surface area contributed by atoms with Crippen LogP contribution in [0, 0.1) is 0 Å². The minimum Gasteiger partial charge on any atom is -0.409 e. The van der Waals surface area contributed by atoms with Gasteiger partial charge in [0.2, 0.25) is 0 Å². The van der Waals surface area contributed by atoms with Crippen LogP contribution in [0.4, 0.5) is 0 Å². The van der Waals surface area contributed by atoms with Gasteiger partial charge in [-0.3, -0.25) is 4.90 Å². The van der Waals surface area contributed by atoms with E-state index >= 15 is 0 Å². The molecule has 0 amide bonds. The molecule has 0 unspecified atom stereocenters. The molecule has 1 aromatic rings. The van der Waals surface area contributed by atoms with Crippen LogP contribution in [0.3, 0.4) is 0 Å². The van der Waals surface area contributed by atoms with E-state index in [-0.39, 0.29) is 5.84 Å². The van der Waals surface area contributed by atoms with Gasteiger partial charge in [-0.15, -0.1) is 0 Å². The summed E-state index contributed by atoms with van der Waals surface area (Å²) in [5, 5.41) is 15.2. The van der Waals surface area contributed by atoms with Crippen LogP contribution in [0.5, 0.6) is 0 Å². The number of rotatable bonds is 6. The SMILES string of the molecule is NC(=NO)c1ccccc1CNCCN1CCOCC1. The molecule has 0 bridgehead atoms. The van der Waals surface area contributed by atoms with Crippen LogP contribution in [-0.4, -0.2) is 55.3 Å². The summed E-state index contributed by atoms with van der Waals surface area (Å²) in [5.74, 6) is 0.149. The molecule has 0 saturated carbocycles. The van der Waals surface area contributed by atoms with Crippen LogP contribution in [0.1, 0.15) is 11.1 Å². The van der Waals surface area contributed by atoms with E-state index in [1.165, 1.54) is 0 Å². The minimum atomic E-state index is 0.149. The van der Waals surface area contributed by atoms with Gasteiger partial charge in [0.15, 0.2) is 5.84 Å². The van der Waals surface area contributed by atoms with Crippen molar-refractivity contribution in [2.75, 3.05) is 39.4 Å². The zero-order chi connectivity index (χ0) is 14.2. The minimum absolute atomic E-state index is 0.149. The van der Waals surface area contributed by atoms with Gasteiger partial charge in [-0.2, -0.15) is 0 Å². The number of nitrogens with one attached hydrogen (secondary N) is 1. The Hall–Kier alpha value is -1.63. The van der Waals surface area contributed by atoms with E-state index in [1.807, 2.05) is 24.3 Å². The molecular weight excluding hydrogens is 256 g/mol. The van der Waals surface area contributed by atoms with Crippen LogP contribution in [0.15, 0.2) is 29.4 Å². The molecule has 1 aliphatic heterocycles. The highest BCUT2D eigenvalue weighted by molar-refractivity contribution is 5.98. The number of benzene rings is 1. The predicted molar refractivity (Wildman–Crippen MR) is 77.9 cm³/mol. The maximum Gasteiger partial charge on any atom is 0.170 e. The Morgan fingerprint density at radius 2 is 2.10 bits per heavy atom. The maximum absolute atomic E-state index is 8.78. The number of oxime groups is 1. The molecule has 4 N–H and O–H groups in total. The fourth-order valence-electron chi connectivity index (χ4n) is 2.26. The van der Waals surface area contributed by atoms with E-state index in [0.29, 0.717) is 6.54 Å². The molecule has 1 fully saturated rings. The average molecular weight is 278 g/mol. The second kappa shape index (κ2) is 7.84. The van der Waals surface area contributed by atoms with E-state index in [2.05, 4.69) is 15.4 Å². The smallest absolute Gasteiger partial charge is 0.170 e. The third-order valence-corrected chi connectivity index (χ3v) is 3.43. The maximum atomic E-state index is 8.78. The van der Waals surface area contributed by atoms with Gasteiger partial charge in [0, 0.05) is 38.3 Å². The molecule has 0 radical (unpaired) electrons. The van der Waals surface area contributed by atoms with Crippen molar-refractivity contribution in [1.82, 2.24) is 10.2 Å². The van der Waals surface area contributed by atoms with Gasteiger partial charge in [0.1, 0.15) is 0 Å². The molecule has 0 aromatic heterocycles. The van der Waals surface area contributed by atoms with Gasteiger partial charge in [-0.25, -0.2) is 0 Å². The van der Waals surface area contributed by atoms with Crippen LogP contribution >= 0.6 is 0 Å². The molecule has 0 spiro atoms. The summed E-state index contributed by atoms with van der Waals surface area (Å²) in [6, 6.07) is 7.67. The Morgan fingerprint density at radius 1 is 1.35 bits per heavy atom. The summed E-state index contributed by atoms with van der Waals surface area (Å²) >= 11 is 0. The zero-order valence-electron chi connectivity index (χ0n) is 11.6. The van der Waals surface area contributed by atoms with Crippen molar-refractivity contribution in [1.29, 1.82) is 0 Å². The summed E-state index contributed by atoms with van der Waals surface area (Å²) in [6.07, 6.45) is 0. The second-order valence-corrected chi connectivity index (χ2v) is 4.77. The predicted octanol–water partition coefficient (Wildman–Crippen LogP) is 0.203. The van der Waals surface area contributed by atoms with Crippen LogP contribution in [-0.2, 0) is 11.3 Å². The highest BCUT2D eigenvalue weighted by atomic mass is 16.5. The fourth-order valence-corrected chi connectivity index (χ4v) is 2.26. The normalized spacial score (nSPS) is 17.3. The molecule has 1 aliphatic rings. The Labute approximate surface area is 119 Å². The standard InChI is InChI=1S/C14H22N4O2/c15-14(17-19)13-4-2-1-3-12(13)11-16-5-6-18-7-9-20-10-8-18/h1-4,16,19H,5-11H2,(H2,15,17). The van der Waals surface area contributed by atoms with Crippen molar-refractivity contribution < 1.29 is 9.94 Å². The van der Waals surface area contributed by atoms with E-state index in [0.717, 1.165) is 50.5 Å². The Bertz CT molecular complexity index is 445. The lowest BCUT2D eigenvalue weighted by Crippen LogP contribution is -2.40. The van der Waals surface area contributed by atoms with Gasteiger partial charge in [0.05, 0.1) is 13.2 Å². The topological polar surface area (TPSA) is 83.1 Å². The summed E-state index contributed by atoms with van der Waals surface area (Å²) in [7, 11) is 0. The number of ether oxygens (including phenoxy) is 1. The van der Waals surface area contributed by atoms with Crippen molar-refractivity contribution >= 4 is 5.84 Å². The van der Waals surface area contributed by atoms with E-state index < -0.39 is 0 Å². The third-order valence-electron chi connectivity index (χ3n) is 3.43. The number of morpholine rings is 1. The largest absolute Gasteiger partial charge is 0.409 e. The monoisotopic (exact) mass is 278 g/mol. The molecule has 2 rings (SSSR count). The first-order valence-corrected chi connectivity index (χ1v) is 6.88. The van der Waals surface area contributed by atoms with Gasteiger partial charge < -0.3 is 21.0 Å². The number of amidine groups is 1. The quantitative estimate of drug-likeness (QED) is 0.228. The zero-order valence-corrected chi connectivity index (χ0v) is 11.6. The summed E-state index contributed by atoms with van der Waals surface area (Å²) in [5.41, 5.74) is 7.47. The van der Waals surface area contributed by atoms with Gasteiger partial charge in [-0.05, 0) is 5.56 Å². The number of hydrogen-bond donors (Lipinski definition) is 3. The molecule has 1 aromatic carbocycles. The second-order valence-electron chi connectivity index (χ2n) is 4.77. The molecular formula is C14H22N4O2. The van der Waals surface area contributed by atoms with Crippen LogP contribution in [0.2, 0.25) is 0 Å². The molecule has 0 atom stereocenters. The Kier molecular flexibility index (Phi) is 5.79. The van der Waals surface area contributed by atoms with Crippen molar-refractivity contribution in [3.05, 3.63) is 35.4 Å². The molecule has 1 saturated heterocycles.